The molecule has 290 valence electrons. The van der Waals surface area contributed by atoms with Crippen molar-refractivity contribution in [2.24, 2.45) is 10.8 Å². The van der Waals surface area contributed by atoms with Gasteiger partial charge in [-0.15, -0.1) is 0 Å². The van der Waals surface area contributed by atoms with Crippen LogP contribution in [0.5, 0.6) is 0 Å². The largest absolute Gasteiger partial charge is 0.456 e. The van der Waals surface area contributed by atoms with Crippen molar-refractivity contribution < 1.29 is 4.42 Å². The predicted molar refractivity (Wildman–Crippen MR) is 256 cm³/mol. The third kappa shape index (κ3) is 5.22. The second-order valence-corrected chi connectivity index (χ2v) is 17.6. The van der Waals surface area contributed by atoms with Gasteiger partial charge in [-0.25, -0.2) is 0 Å². The average Bonchev–Trinajstić information content (AvgIpc) is 4.00. The van der Waals surface area contributed by atoms with Crippen molar-refractivity contribution in [3.63, 3.8) is 0 Å². The van der Waals surface area contributed by atoms with E-state index in [1.54, 1.807) is 0 Å². The van der Waals surface area contributed by atoms with Crippen molar-refractivity contribution in [1.82, 2.24) is 0 Å². The molecule has 0 aliphatic heterocycles. The molecule has 1 atom stereocenters. The van der Waals surface area contributed by atoms with Gasteiger partial charge in [-0.05, 0) is 109 Å². The third-order valence-corrected chi connectivity index (χ3v) is 13.2. The molecule has 0 saturated carbocycles. The van der Waals surface area contributed by atoms with E-state index >= 15 is 0 Å². The standard InChI is InChI=1S/C59H43NO/c1-58(2,3)51-37-48-42-24-10-8-22-40(42)36-50(48)59(34-18-29-44-41-23-9-7-21-39(41)35-49(44)59)57(51)60(52-30-14-11-25-43(52)38-19-5-4-6-20-38)53-31-15-12-26-45(53)46-28-17-33-55-56(46)47-27-13-16-32-54(47)61-55/h4-37H,1-3H3. The highest BCUT2D eigenvalue weighted by atomic mass is 16.3. The van der Waals surface area contributed by atoms with E-state index in [1.807, 2.05) is 0 Å². The van der Waals surface area contributed by atoms with E-state index in [2.05, 4.69) is 232 Å². The van der Waals surface area contributed by atoms with E-state index in [1.165, 1.54) is 66.9 Å². The van der Waals surface area contributed by atoms with Crippen molar-refractivity contribution in [2.75, 3.05) is 4.90 Å². The van der Waals surface area contributed by atoms with Gasteiger partial charge < -0.3 is 9.32 Å². The van der Waals surface area contributed by atoms with E-state index in [0.29, 0.717) is 0 Å². The topological polar surface area (TPSA) is 16.4 Å². The lowest BCUT2D eigenvalue weighted by molar-refractivity contribution is 0.492. The Balaban J connectivity index is 1.25. The van der Waals surface area contributed by atoms with Crippen molar-refractivity contribution in [2.45, 2.75) is 20.8 Å². The third-order valence-electron chi connectivity index (χ3n) is 13.2. The summed E-state index contributed by atoms with van der Waals surface area (Å²) in [5, 5.41) is 2.24. The number of hydrogen-bond acceptors (Lipinski definition) is 2. The van der Waals surface area contributed by atoms with Crippen molar-refractivity contribution >= 4 is 56.6 Å². The summed E-state index contributed by atoms with van der Waals surface area (Å²) in [5.74, 6) is 0. The molecule has 7 aromatic carbocycles. The SMILES string of the molecule is CC(C)(C)C1=C(N(c2ccccc2-c2ccccc2)c2ccccc2-c2cccc3oc4ccccc4c23)C2(C=CC=C3C2=Cc2ccccc23)C2=Cc3ccccc3C2=C1. The van der Waals surface area contributed by atoms with Crippen LogP contribution in [0.2, 0.25) is 0 Å². The molecular formula is C59H43NO. The first-order valence-electron chi connectivity index (χ1n) is 21.3. The summed E-state index contributed by atoms with van der Waals surface area (Å²) in [6, 6.07) is 61.7. The Labute approximate surface area is 357 Å². The van der Waals surface area contributed by atoms with E-state index in [9.17, 15) is 0 Å². The molecule has 1 aromatic heterocycles. The van der Waals surface area contributed by atoms with Crippen LogP contribution in [0.15, 0.2) is 221 Å². The first-order chi connectivity index (χ1) is 29.9. The number of para-hydroxylation sites is 3. The van der Waals surface area contributed by atoms with Crippen LogP contribution in [-0.2, 0) is 0 Å². The second-order valence-electron chi connectivity index (χ2n) is 17.6. The monoisotopic (exact) mass is 781 g/mol. The van der Waals surface area contributed by atoms with Gasteiger partial charge in [-0.2, -0.15) is 0 Å². The molecule has 4 aliphatic carbocycles. The molecule has 0 radical (unpaired) electrons. The molecule has 4 aliphatic rings. The van der Waals surface area contributed by atoms with E-state index in [0.717, 1.165) is 44.4 Å². The van der Waals surface area contributed by atoms with Gasteiger partial charge in [0.25, 0.3) is 0 Å². The number of rotatable bonds is 5. The Bertz CT molecular complexity index is 3330. The Hall–Kier alpha value is -7.42. The zero-order valence-corrected chi connectivity index (χ0v) is 34.5. The maximum absolute atomic E-state index is 6.54. The number of fused-ring (bicyclic) bond motifs is 11. The maximum Gasteiger partial charge on any atom is 0.136 e. The maximum atomic E-state index is 6.54. The fraction of sp³-hybridized carbons (Fsp3) is 0.0847. The minimum atomic E-state index is -0.680. The Morgan fingerprint density at radius 3 is 1.77 bits per heavy atom. The number of hydrogen-bond donors (Lipinski definition) is 0. The van der Waals surface area contributed by atoms with E-state index in [4.69, 9.17) is 4.42 Å². The molecule has 0 fully saturated rings. The van der Waals surface area contributed by atoms with Gasteiger partial charge >= 0.3 is 0 Å². The summed E-state index contributed by atoms with van der Waals surface area (Å²) in [5.41, 5.74) is 20.5. The first-order valence-corrected chi connectivity index (χ1v) is 21.3. The van der Waals surface area contributed by atoms with E-state index < -0.39 is 5.41 Å². The van der Waals surface area contributed by atoms with Crippen molar-refractivity contribution in [1.29, 1.82) is 0 Å². The van der Waals surface area contributed by atoms with Gasteiger partial charge in [0.1, 0.15) is 11.2 Å². The molecule has 12 rings (SSSR count). The molecule has 2 nitrogen and oxygen atoms in total. The molecule has 0 bridgehead atoms. The lowest BCUT2D eigenvalue weighted by Crippen LogP contribution is -2.40. The Morgan fingerprint density at radius 2 is 1.03 bits per heavy atom. The smallest absolute Gasteiger partial charge is 0.136 e. The molecule has 1 unspecified atom stereocenters. The summed E-state index contributed by atoms with van der Waals surface area (Å²) < 4.78 is 6.54. The summed E-state index contributed by atoms with van der Waals surface area (Å²) in [7, 11) is 0. The van der Waals surface area contributed by atoms with Crippen LogP contribution in [0, 0.1) is 10.8 Å². The zero-order valence-electron chi connectivity index (χ0n) is 34.5. The second kappa shape index (κ2) is 13.3. The number of nitrogens with zero attached hydrogens (tertiary/aromatic N) is 1. The molecular weight excluding hydrogens is 739 g/mol. The summed E-state index contributed by atoms with van der Waals surface area (Å²) in [6.07, 6.45) is 14.6. The highest BCUT2D eigenvalue weighted by molar-refractivity contribution is 6.14. The fourth-order valence-corrected chi connectivity index (χ4v) is 10.5. The Kier molecular flexibility index (Phi) is 7.74. The van der Waals surface area contributed by atoms with Crippen molar-refractivity contribution in [3.8, 4) is 22.3 Å². The molecule has 1 heterocycles. The summed E-state index contributed by atoms with van der Waals surface area (Å²) in [4.78, 5) is 2.65. The number of allylic oxidation sites excluding steroid dienone is 7. The minimum Gasteiger partial charge on any atom is -0.456 e. The molecule has 2 heteroatoms. The molecule has 0 N–H and O–H groups in total. The van der Waals surface area contributed by atoms with Crippen LogP contribution in [0.3, 0.4) is 0 Å². The van der Waals surface area contributed by atoms with Crippen LogP contribution in [0.1, 0.15) is 43.0 Å². The molecule has 0 saturated heterocycles. The van der Waals surface area contributed by atoms with Gasteiger partial charge in [0.15, 0.2) is 0 Å². The quantitative estimate of drug-likeness (QED) is 0.173. The van der Waals surface area contributed by atoms with Gasteiger partial charge in [0.05, 0.1) is 16.8 Å². The lowest BCUT2D eigenvalue weighted by atomic mass is 9.59. The lowest BCUT2D eigenvalue weighted by Gasteiger charge is -2.50. The number of anilines is 2. The van der Waals surface area contributed by atoms with Crippen LogP contribution in [-0.4, -0.2) is 0 Å². The van der Waals surface area contributed by atoms with Crippen LogP contribution < -0.4 is 4.90 Å². The normalized spacial score (nSPS) is 17.4. The molecule has 8 aromatic rings. The summed E-state index contributed by atoms with van der Waals surface area (Å²) >= 11 is 0. The van der Waals surface area contributed by atoms with Gasteiger partial charge in [0.2, 0.25) is 0 Å². The highest BCUT2D eigenvalue weighted by Gasteiger charge is 2.53. The van der Waals surface area contributed by atoms with Crippen molar-refractivity contribution in [3.05, 3.63) is 239 Å². The minimum absolute atomic E-state index is 0.269. The summed E-state index contributed by atoms with van der Waals surface area (Å²) in [6.45, 7) is 7.15. The Morgan fingerprint density at radius 1 is 0.475 bits per heavy atom. The van der Waals surface area contributed by atoms with Crippen LogP contribution in [0.4, 0.5) is 11.4 Å². The van der Waals surface area contributed by atoms with Gasteiger partial charge in [-0.1, -0.05) is 185 Å². The highest BCUT2D eigenvalue weighted by Crippen LogP contribution is 2.66. The predicted octanol–water partition coefficient (Wildman–Crippen LogP) is 15.9. The number of benzene rings is 7. The van der Waals surface area contributed by atoms with Gasteiger partial charge in [0, 0.05) is 27.6 Å². The number of furan rings is 1. The average molecular weight is 782 g/mol. The van der Waals surface area contributed by atoms with Crippen LogP contribution in [0.25, 0.3) is 67.5 Å². The van der Waals surface area contributed by atoms with E-state index in [-0.39, 0.29) is 5.41 Å². The van der Waals surface area contributed by atoms with Crippen LogP contribution >= 0.6 is 0 Å². The molecule has 0 amide bonds. The first kappa shape index (κ1) is 35.5. The zero-order chi connectivity index (χ0) is 40.9. The fourth-order valence-electron chi connectivity index (χ4n) is 10.5. The molecule has 61 heavy (non-hydrogen) atoms. The molecule has 1 spiro atoms. The van der Waals surface area contributed by atoms with Gasteiger partial charge in [-0.3, -0.25) is 0 Å².